The molecule has 4 aliphatic heterocycles. The molecule has 10 rings (SSSR count). The SMILES string of the molecule is C.CC1(C)O[C@@H]2[C@H](O1)[C@@H](CO)O[C@H]2n1ncc2c(NCc3ccccc3Cl)nc(Cl)nc21.CC[C@H]1O[C@@H](n2ncc3c(NCc4ccccc4Cl)nc(Cl)nc32)[C@@H]2OC(C)(C)O[C@@H]21. The number of nitrogens with one attached hydrogen (secondary N) is 2. The number of aliphatic hydroxyl groups is 1. The molecular weight excluding hydrogens is 898 g/mol. The fourth-order valence-corrected chi connectivity index (χ4v) is 9.00. The van der Waals surface area contributed by atoms with Crippen LogP contribution in [-0.4, -0.2) is 99.4 Å². The summed E-state index contributed by atoms with van der Waals surface area (Å²) in [6.45, 7) is 10.3. The first-order valence-electron chi connectivity index (χ1n) is 20.1. The van der Waals surface area contributed by atoms with Crippen molar-refractivity contribution in [2.75, 3.05) is 17.2 Å². The number of anilines is 2. The zero-order valence-electron chi connectivity index (χ0n) is 34.2. The molecule has 0 spiro atoms. The summed E-state index contributed by atoms with van der Waals surface area (Å²) in [5, 5.41) is 28.2. The van der Waals surface area contributed by atoms with Crippen LogP contribution in [0.5, 0.6) is 0 Å². The third-order valence-electron chi connectivity index (χ3n) is 11.0. The standard InChI is InChI=1S/C21H23Cl2N5O3.C20H21Cl2N5O4.CH4/c1-4-14-15-16(31-21(2,3)30-15)19(29-14)28-18-12(10-25-28)17(26-20(23)27-18)24-9-11-7-5-6-8-13(11)22;1-20(2)30-14-13(9-28)29-18(15(14)31-20)27-17-11(8-24-27)16(25-19(22)26-17)23-7-10-5-3-4-6-12(10)21;/h5-8,10,14-16,19H,4,9H2,1-3H3,(H,24,26,27);3-6,8,13-15,18,28H,7,9H2,1-2H3,(H,23,25,26);1H4/t14-,15-,16-,19-;13-,14-,15-,18-;/m11./s1. The van der Waals surface area contributed by atoms with E-state index in [1.165, 1.54) is 0 Å². The van der Waals surface area contributed by atoms with Gasteiger partial charge in [0, 0.05) is 23.1 Å². The minimum absolute atomic E-state index is 0. The van der Waals surface area contributed by atoms with Gasteiger partial charge < -0.3 is 44.2 Å². The minimum Gasteiger partial charge on any atom is -0.394 e. The zero-order valence-corrected chi connectivity index (χ0v) is 37.2. The van der Waals surface area contributed by atoms with Crippen molar-refractivity contribution in [3.05, 3.63) is 92.7 Å². The number of hydrogen-bond acceptors (Lipinski definition) is 15. The fourth-order valence-electron chi connectivity index (χ4n) is 8.27. The van der Waals surface area contributed by atoms with E-state index in [9.17, 15) is 5.11 Å². The molecule has 63 heavy (non-hydrogen) atoms. The summed E-state index contributed by atoms with van der Waals surface area (Å²) in [7, 11) is 0. The zero-order chi connectivity index (χ0) is 43.5. The van der Waals surface area contributed by atoms with E-state index in [0.717, 1.165) is 22.9 Å². The molecule has 8 heterocycles. The molecule has 336 valence electrons. The van der Waals surface area contributed by atoms with Crippen LogP contribution in [0.25, 0.3) is 22.1 Å². The molecule has 8 atom stereocenters. The number of aliphatic hydroxyl groups excluding tert-OH is 1. The summed E-state index contributed by atoms with van der Waals surface area (Å²) in [4.78, 5) is 17.5. The van der Waals surface area contributed by atoms with Crippen LogP contribution >= 0.6 is 46.4 Å². The molecule has 0 bridgehead atoms. The molecule has 17 nitrogen and oxygen atoms in total. The number of rotatable bonds is 10. The van der Waals surface area contributed by atoms with Crippen molar-refractivity contribution in [2.45, 2.75) is 122 Å². The second-order valence-electron chi connectivity index (χ2n) is 16.1. The topological polar surface area (TPSA) is 187 Å². The maximum absolute atomic E-state index is 9.74. The van der Waals surface area contributed by atoms with Crippen LogP contribution in [0.4, 0.5) is 11.6 Å². The van der Waals surface area contributed by atoms with Gasteiger partial charge in [-0.25, -0.2) is 9.36 Å². The van der Waals surface area contributed by atoms with Gasteiger partial charge in [0.05, 0.1) is 35.9 Å². The van der Waals surface area contributed by atoms with Crippen LogP contribution in [-0.2, 0) is 41.5 Å². The third kappa shape index (κ3) is 9.03. The van der Waals surface area contributed by atoms with Gasteiger partial charge >= 0.3 is 0 Å². The van der Waals surface area contributed by atoms with E-state index >= 15 is 0 Å². The smallest absolute Gasteiger partial charge is 0.226 e. The lowest BCUT2D eigenvalue weighted by Crippen LogP contribution is -2.31. The van der Waals surface area contributed by atoms with Crippen LogP contribution in [0.1, 0.15) is 72.0 Å². The number of ether oxygens (including phenoxy) is 6. The van der Waals surface area contributed by atoms with Crippen molar-refractivity contribution in [2.24, 2.45) is 0 Å². The van der Waals surface area contributed by atoms with Gasteiger partial charge in [0.25, 0.3) is 0 Å². The van der Waals surface area contributed by atoms with Gasteiger partial charge in [-0.2, -0.15) is 30.1 Å². The molecule has 0 radical (unpaired) electrons. The van der Waals surface area contributed by atoms with Gasteiger partial charge in [-0.15, -0.1) is 0 Å². The molecule has 0 unspecified atom stereocenters. The lowest BCUT2D eigenvalue weighted by atomic mass is 10.1. The maximum Gasteiger partial charge on any atom is 0.226 e. The number of aromatic nitrogens is 8. The maximum atomic E-state index is 9.74. The molecule has 4 saturated heterocycles. The summed E-state index contributed by atoms with van der Waals surface area (Å²) in [5.41, 5.74) is 2.92. The lowest BCUT2D eigenvalue weighted by Gasteiger charge is -2.24. The molecule has 0 aliphatic carbocycles. The number of nitrogens with zero attached hydrogens (tertiary/aromatic N) is 8. The second kappa shape index (κ2) is 18.1. The Labute approximate surface area is 383 Å². The first-order valence-corrected chi connectivity index (χ1v) is 21.6. The fraction of sp³-hybridized carbons (Fsp3) is 0.476. The Morgan fingerprint density at radius 2 is 1.03 bits per heavy atom. The number of benzene rings is 2. The van der Waals surface area contributed by atoms with E-state index in [1.54, 1.807) is 21.8 Å². The van der Waals surface area contributed by atoms with E-state index in [0.29, 0.717) is 51.5 Å². The van der Waals surface area contributed by atoms with Crippen molar-refractivity contribution in [3.8, 4) is 0 Å². The second-order valence-corrected chi connectivity index (χ2v) is 17.6. The predicted octanol–water partition coefficient (Wildman–Crippen LogP) is 8.36. The number of hydrogen-bond donors (Lipinski definition) is 3. The highest BCUT2D eigenvalue weighted by Gasteiger charge is 2.57. The van der Waals surface area contributed by atoms with Crippen LogP contribution in [0, 0.1) is 0 Å². The first kappa shape index (κ1) is 45.6. The van der Waals surface area contributed by atoms with Crippen molar-refractivity contribution < 1.29 is 33.5 Å². The van der Waals surface area contributed by atoms with Gasteiger partial charge in [0.15, 0.2) is 35.3 Å². The molecule has 21 heteroatoms. The highest BCUT2D eigenvalue weighted by molar-refractivity contribution is 6.31. The van der Waals surface area contributed by atoms with Crippen molar-refractivity contribution in [1.29, 1.82) is 0 Å². The highest BCUT2D eigenvalue weighted by atomic mass is 35.5. The Kier molecular flexibility index (Phi) is 13.1. The molecule has 4 aromatic heterocycles. The molecule has 2 aromatic carbocycles. The van der Waals surface area contributed by atoms with Crippen molar-refractivity contribution >= 4 is 80.1 Å². The van der Waals surface area contributed by atoms with Crippen molar-refractivity contribution in [3.63, 3.8) is 0 Å². The first-order chi connectivity index (χ1) is 29.7. The van der Waals surface area contributed by atoms with Crippen LogP contribution in [0.2, 0.25) is 20.6 Å². The Morgan fingerprint density at radius 3 is 1.46 bits per heavy atom. The average molecular weight is 947 g/mol. The Bertz CT molecular complexity index is 2420. The molecular formula is C42H48Cl4N10O7. The van der Waals surface area contributed by atoms with Crippen LogP contribution in [0.15, 0.2) is 60.9 Å². The van der Waals surface area contributed by atoms with Gasteiger partial charge in [0.2, 0.25) is 10.6 Å². The molecule has 3 N–H and O–H groups in total. The monoisotopic (exact) mass is 944 g/mol. The quantitative estimate of drug-likeness (QED) is 0.111. The summed E-state index contributed by atoms with van der Waals surface area (Å²) >= 11 is 25.0. The molecule has 0 saturated carbocycles. The van der Waals surface area contributed by atoms with Crippen LogP contribution < -0.4 is 10.6 Å². The molecule has 6 aromatic rings. The average Bonchev–Trinajstić information content (AvgIpc) is 4.08. The largest absolute Gasteiger partial charge is 0.394 e. The van der Waals surface area contributed by atoms with E-state index < -0.39 is 42.3 Å². The normalized spacial score (nSPS) is 26.6. The lowest BCUT2D eigenvalue weighted by molar-refractivity contribution is -0.201. The van der Waals surface area contributed by atoms with E-state index in [1.807, 2.05) is 76.2 Å². The number of halogens is 4. The summed E-state index contributed by atoms with van der Waals surface area (Å²) < 4.78 is 39.8. The molecule has 4 fully saturated rings. The predicted molar refractivity (Wildman–Crippen MR) is 238 cm³/mol. The molecule has 0 amide bonds. The Hall–Kier alpha value is -3.98. The summed E-state index contributed by atoms with van der Waals surface area (Å²) in [6, 6.07) is 15.2. The van der Waals surface area contributed by atoms with E-state index in [4.69, 9.17) is 74.8 Å². The highest BCUT2D eigenvalue weighted by Crippen LogP contribution is 2.46. The van der Waals surface area contributed by atoms with Gasteiger partial charge in [-0.3, -0.25) is 0 Å². The van der Waals surface area contributed by atoms with E-state index in [-0.39, 0.29) is 42.9 Å². The summed E-state index contributed by atoms with van der Waals surface area (Å²) in [6.07, 6.45) is 1.08. The third-order valence-corrected chi connectivity index (χ3v) is 12.1. The Morgan fingerprint density at radius 1 is 0.619 bits per heavy atom. The van der Waals surface area contributed by atoms with Gasteiger partial charge in [-0.05, 0) is 80.6 Å². The number of fused-ring (bicyclic) bond motifs is 4. The van der Waals surface area contributed by atoms with Crippen LogP contribution in [0.3, 0.4) is 0 Å². The van der Waals surface area contributed by atoms with Gasteiger partial charge in [-0.1, -0.05) is 74.0 Å². The summed E-state index contributed by atoms with van der Waals surface area (Å²) in [5.74, 6) is -0.366. The minimum atomic E-state index is -0.790. The Balaban J connectivity index is 0.000000170. The van der Waals surface area contributed by atoms with Crippen molar-refractivity contribution in [1.82, 2.24) is 39.5 Å². The molecule has 4 aliphatic rings. The van der Waals surface area contributed by atoms with Gasteiger partial charge in [0.1, 0.15) is 42.2 Å². The van der Waals surface area contributed by atoms with E-state index in [2.05, 4.69) is 47.7 Å².